The molecule has 0 aromatic heterocycles. The molecule has 0 aliphatic carbocycles. The molecule has 0 amide bonds. The monoisotopic (exact) mass is 428 g/mol. The molecule has 0 aromatic carbocycles. The van der Waals surface area contributed by atoms with Crippen molar-refractivity contribution < 1.29 is 38.8 Å². The molecule has 8 nitrogen and oxygen atoms in total. The van der Waals surface area contributed by atoms with Crippen LogP contribution in [0.15, 0.2) is 11.5 Å². The molecule has 0 bridgehead atoms. The summed E-state index contributed by atoms with van der Waals surface area (Å²) in [5, 5.41) is 20.2. The first-order chi connectivity index (χ1) is 14.4. The maximum absolute atomic E-state index is 11.9. The average Bonchev–Trinajstić information content (AvgIpc) is 3.00. The van der Waals surface area contributed by atoms with Gasteiger partial charge in [-0.05, 0) is 12.8 Å². The van der Waals surface area contributed by atoms with Crippen LogP contribution in [0, 0.1) is 0 Å². The molecular formula is C22H36O8. The van der Waals surface area contributed by atoms with Gasteiger partial charge in [0, 0.05) is 12.8 Å². The highest BCUT2D eigenvalue weighted by Gasteiger charge is 2.41. The Bertz CT molecular complexity index is 584. The van der Waals surface area contributed by atoms with Crippen molar-refractivity contribution in [2.45, 2.75) is 103 Å². The molecule has 1 rings (SSSR count). The van der Waals surface area contributed by atoms with Gasteiger partial charge in [0.15, 0.2) is 11.9 Å². The highest BCUT2D eigenvalue weighted by molar-refractivity contribution is 5.92. The number of aliphatic hydroxyl groups is 2. The van der Waals surface area contributed by atoms with Crippen LogP contribution in [-0.2, 0) is 28.6 Å². The fourth-order valence-corrected chi connectivity index (χ4v) is 3.06. The minimum Gasteiger partial charge on any atom is -0.505 e. The maximum atomic E-state index is 11.9. The van der Waals surface area contributed by atoms with Crippen molar-refractivity contribution in [2.75, 3.05) is 6.61 Å². The first-order valence-corrected chi connectivity index (χ1v) is 11.1. The smallest absolute Gasteiger partial charge is 0.378 e. The summed E-state index contributed by atoms with van der Waals surface area (Å²) in [6.07, 6.45) is 7.12. The molecule has 0 saturated heterocycles. The summed E-state index contributed by atoms with van der Waals surface area (Å²) in [5.41, 5.74) is 0. The molecule has 0 spiro atoms. The lowest BCUT2D eigenvalue weighted by Gasteiger charge is -2.17. The van der Waals surface area contributed by atoms with Crippen LogP contribution in [0.5, 0.6) is 0 Å². The zero-order chi connectivity index (χ0) is 22.4. The Labute approximate surface area is 178 Å². The standard InChI is InChI=1S/C22H36O8/c1-3-5-7-9-11-13-17(24)28-15-16(23)20-19(26)21(22(27)30-20)29-18(25)14-12-10-8-6-4-2/h16,20,23,26H,3-15H2,1-2H3/t16-,20+/m0/s1. The summed E-state index contributed by atoms with van der Waals surface area (Å²) in [6, 6.07) is 0. The van der Waals surface area contributed by atoms with Gasteiger partial charge < -0.3 is 24.4 Å². The van der Waals surface area contributed by atoms with Crippen LogP contribution in [0.2, 0.25) is 0 Å². The maximum Gasteiger partial charge on any atom is 0.378 e. The minimum atomic E-state index is -1.46. The fraction of sp³-hybridized carbons (Fsp3) is 0.773. The van der Waals surface area contributed by atoms with Crippen molar-refractivity contribution in [3.63, 3.8) is 0 Å². The van der Waals surface area contributed by atoms with Crippen LogP contribution < -0.4 is 0 Å². The van der Waals surface area contributed by atoms with Crippen molar-refractivity contribution in [3.05, 3.63) is 11.5 Å². The normalized spacial score (nSPS) is 17.0. The molecule has 172 valence electrons. The quantitative estimate of drug-likeness (QED) is 0.216. The van der Waals surface area contributed by atoms with E-state index in [2.05, 4.69) is 13.8 Å². The Morgan fingerprint density at radius 3 is 2.03 bits per heavy atom. The summed E-state index contributed by atoms with van der Waals surface area (Å²) in [4.78, 5) is 35.5. The largest absolute Gasteiger partial charge is 0.505 e. The van der Waals surface area contributed by atoms with E-state index in [0.717, 1.165) is 51.4 Å². The molecule has 0 aromatic rings. The molecule has 8 heteroatoms. The summed E-state index contributed by atoms with van der Waals surface area (Å²) in [6.45, 7) is 3.76. The fourth-order valence-electron chi connectivity index (χ4n) is 3.06. The van der Waals surface area contributed by atoms with Gasteiger partial charge in [-0.25, -0.2) is 4.79 Å². The number of unbranched alkanes of at least 4 members (excludes halogenated alkanes) is 8. The van der Waals surface area contributed by atoms with Crippen molar-refractivity contribution in [3.8, 4) is 0 Å². The number of aliphatic hydroxyl groups excluding tert-OH is 2. The molecule has 0 saturated carbocycles. The number of rotatable bonds is 16. The van der Waals surface area contributed by atoms with Crippen LogP contribution in [0.25, 0.3) is 0 Å². The number of ether oxygens (including phenoxy) is 3. The lowest BCUT2D eigenvalue weighted by molar-refractivity contribution is -0.157. The molecule has 0 radical (unpaired) electrons. The van der Waals surface area contributed by atoms with Gasteiger partial charge in [-0.3, -0.25) is 9.59 Å². The third kappa shape index (κ3) is 9.61. The molecular weight excluding hydrogens is 392 g/mol. The second kappa shape index (κ2) is 14.8. The SMILES string of the molecule is CCCCCCCC(=O)OC[C@H](O)[C@H]1OC(=O)C(OC(=O)CCCCCCC)=C1O. The van der Waals surface area contributed by atoms with E-state index in [9.17, 15) is 24.6 Å². The van der Waals surface area contributed by atoms with E-state index in [-0.39, 0.29) is 12.8 Å². The van der Waals surface area contributed by atoms with Crippen LogP contribution in [-0.4, -0.2) is 46.9 Å². The van der Waals surface area contributed by atoms with Gasteiger partial charge >= 0.3 is 17.9 Å². The van der Waals surface area contributed by atoms with Gasteiger partial charge in [0.2, 0.25) is 0 Å². The van der Waals surface area contributed by atoms with E-state index in [4.69, 9.17) is 14.2 Å². The molecule has 0 unspecified atom stereocenters. The van der Waals surface area contributed by atoms with Gasteiger partial charge in [-0.15, -0.1) is 0 Å². The number of carbonyl (C=O) groups is 3. The third-order valence-corrected chi connectivity index (χ3v) is 4.87. The Morgan fingerprint density at radius 2 is 1.47 bits per heavy atom. The average molecular weight is 429 g/mol. The Morgan fingerprint density at radius 1 is 0.933 bits per heavy atom. The minimum absolute atomic E-state index is 0.122. The first kappa shape index (κ1) is 25.9. The number of hydrogen-bond acceptors (Lipinski definition) is 8. The zero-order valence-corrected chi connectivity index (χ0v) is 18.2. The van der Waals surface area contributed by atoms with Crippen molar-refractivity contribution in [1.29, 1.82) is 0 Å². The van der Waals surface area contributed by atoms with E-state index in [1.165, 1.54) is 0 Å². The molecule has 0 fully saturated rings. The second-order valence-corrected chi connectivity index (χ2v) is 7.59. The van der Waals surface area contributed by atoms with Crippen LogP contribution in [0.1, 0.15) is 90.9 Å². The Kier molecular flexibility index (Phi) is 12.8. The molecule has 30 heavy (non-hydrogen) atoms. The van der Waals surface area contributed by atoms with Crippen LogP contribution in [0.4, 0.5) is 0 Å². The molecule has 1 aliphatic rings. The van der Waals surface area contributed by atoms with E-state index in [1.807, 2.05) is 0 Å². The van der Waals surface area contributed by atoms with Crippen LogP contribution in [0.3, 0.4) is 0 Å². The predicted molar refractivity (Wildman–Crippen MR) is 109 cm³/mol. The van der Waals surface area contributed by atoms with Gasteiger partial charge in [0.05, 0.1) is 0 Å². The number of esters is 3. The van der Waals surface area contributed by atoms with E-state index < -0.39 is 48.2 Å². The lowest BCUT2D eigenvalue weighted by atomic mass is 10.1. The highest BCUT2D eigenvalue weighted by Crippen LogP contribution is 2.25. The Hall–Kier alpha value is -2.09. The third-order valence-electron chi connectivity index (χ3n) is 4.87. The molecule has 2 atom stereocenters. The zero-order valence-electron chi connectivity index (χ0n) is 18.2. The van der Waals surface area contributed by atoms with E-state index in [1.54, 1.807) is 0 Å². The lowest BCUT2D eigenvalue weighted by Crippen LogP contribution is -2.33. The number of hydrogen-bond donors (Lipinski definition) is 2. The first-order valence-electron chi connectivity index (χ1n) is 11.1. The molecule has 1 heterocycles. The number of carbonyl (C=O) groups excluding carboxylic acids is 3. The summed E-state index contributed by atoms with van der Waals surface area (Å²) < 4.78 is 14.8. The predicted octanol–water partition coefficient (Wildman–Crippen LogP) is 3.85. The molecule has 1 aliphatic heterocycles. The van der Waals surface area contributed by atoms with E-state index >= 15 is 0 Å². The van der Waals surface area contributed by atoms with Crippen LogP contribution >= 0.6 is 0 Å². The Balaban J connectivity index is 2.39. The van der Waals surface area contributed by atoms with Gasteiger partial charge in [-0.2, -0.15) is 0 Å². The number of cyclic esters (lactones) is 1. The summed E-state index contributed by atoms with van der Waals surface area (Å²) in [7, 11) is 0. The van der Waals surface area contributed by atoms with Gasteiger partial charge in [0.1, 0.15) is 12.7 Å². The summed E-state index contributed by atoms with van der Waals surface area (Å²) in [5.74, 6) is -3.41. The van der Waals surface area contributed by atoms with Gasteiger partial charge in [-0.1, -0.05) is 65.2 Å². The highest BCUT2D eigenvalue weighted by atomic mass is 16.6. The van der Waals surface area contributed by atoms with Crippen molar-refractivity contribution >= 4 is 17.9 Å². The van der Waals surface area contributed by atoms with E-state index in [0.29, 0.717) is 12.8 Å². The second-order valence-electron chi connectivity index (χ2n) is 7.59. The van der Waals surface area contributed by atoms with Crippen molar-refractivity contribution in [2.24, 2.45) is 0 Å². The molecule has 2 N–H and O–H groups in total. The summed E-state index contributed by atoms with van der Waals surface area (Å²) >= 11 is 0. The van der Waals surface area contributed by atoms with Crippen molar-refractivity contribution in [1.82, 2.24) is 0 Å². The topological polar surface area (TPSA) is 119 Å². The van der Waals surface area contributed by atoms with Gasteiger partial charge in [0.25, 0.3) is 5.76 Å².